The topological polar surface area (TPSA) is 55.4 Å². The monoisotopic (exact) mass is 830 g/mol. The third kappa shape index (κ3) is 8.32. The van der Waals surface area contributed by atoms with E-state index >= 15 is 0 Å². The molecule has 0 aromatic heterocycles. The van der Waals surface area contributed by atoms with E-state index < -0.39 is 55.3 Å². The first-order valence-electron chi connectivity index (χ1n) is 21.2. The molecule has 0 saturated carbocycles. The van der Waals surface area contributed by atoms with Gasteiger partial charge in [-0.1, -0.05) is 224 Å². The van der Waals surface area contributed by atoms with Crippen LogP contribution in [0.5, 0.6) is 0 Å². The third-order valence-corrected chi connectivity index (χ3v) is 22.1. The molecule has 10 heteroatoms. The van der Waals surface area contributed by atoms with Gasteiger partial charge in [0.25, 0.3) is 16.6 Å². The van der Waals surface area contributed by atoms with Crippen LogP contribution in [0.2, 0.25) is 10.1 Å². The van der Waals surface area contributed by atoms with Gasteiger partial charge in [0.1, 0.15) is 0 Å². The van der Waals surface area contributed by atoms with E-state index in [4.69, 9.17) is 27.5 Å². The van der Waals surface area contributed by atoms with Crippen LogP contribution < -0.4 is 31.7 Å². The van der Waals surface area contributed by atoms with Gasteiger partial charge < -0.3 is 27.5 Å². The molecule has 2 saturated heterocycles. The van der Waals surface area contributed by atoms with E-state index in [-0.39, 0.29) is 23.3 Å². The summed E-state index contributed by atoms with van der Waals surface area (Å²) in [6.07, 6.45) is -2.12. The van der Waals surface area contributed by atoms with Crippen molar-refractivity contribution in [2.24, 2.45) is 0 Å². The average molecular weight is 831 g/mol. The summed E-state index contributed by atoms with van der Waals surface area (Å²) in [5.74, 6) is 0. The fraction of sp³-hybridized carbons (Fsp3) is 0.280. The van der Waals surface area contributed by atoms with Crippen LogP contribution in [0.25, 0.3) is 0 Å². The standard InChI is InChI=1S/C50H56B2O6Si2/c1-49(2,3)59(41-29-17-9-18-30-41,42-31-19-10-20-32-42)53-37-45-47-48(58-51(55-45)39-25-13-7-14-26-39)46(56-52(57-47)40-27-15-8-16-28-40)38-54-60(50(4,5)6,43-33-21-11-22-34-43)44-35-23-12-24-36-44/h7-36,45-48H,37-38H2,1-6H3. The van der Waals surface area contributed by atoms with Crippen LogP contribution >= 0.6 is 0 Å². The van der Waals surface area contributed by atoms with Crippen molar-refractivity contribution in [1.82, 2.24) is 0 Å². The van der Waals surface area contributed by atoms with Gasteiger partial charge >= 0.3 is 14.2 Å². The molecule has 2 heterocycles. The first-order valence-corrected chi connectivity index (χ1v) is 25.0. The Kier molecular flexibility index (Phi) is 12.7. The van der Waals surface area contributed by atoms with E-state index in [2.05, 4.69) is 187 Å². The first kappa shape index (κ1) is 42.3. The Balaban J connectivity index is 1.22. The predicted octanol–water partition coefficient (Wildman–Crippen LogP) is 6.50. The van der Waals surface area contributed by atoms with Crippen molar-refractivity contribution >= 4 is 62.5 Å². The molecule has 60 heavy (non-hydrogen) atoms. The zero-order chi connectivity index (χ0) is 41.8. The molecule has 0 bridgehead atoms. The molecule has 306 valence electrons. The highest BCUT2D eigenvalue weighted by Gasteiger charge is 2.57. The number of rotatable bonds is 12. The Morgan fingerprint density at radius 2 is 0.633 bits per heavy atom. The highest BCUT2D eigenvalue weighted by atomic mass is 28.4. The van der Waals surface area contributed by atoms with Crippen LogP contribution in [0.3, 0.4) is 0 Å². The Morgan fingerprint density at radius 3 is 0.883 bits per heavy atom. The summed E-state index contributed by atoms with van der Waals surface area (Å²) in [5, 5.41) is 4.37. The van der Waals surface area contributed by atoms with Crippen molar-refractivity contribution in [2.45, 2.75) is 76.0 Å². The number of hydrogen-bond donors (Lipinski definition) is 0. The predicted molar refractivity (Wildman–Crippen MR) is 250 cm³/mol. The minimum absolute atomic E-state index is 0.228. The molecule has 6 aromatic rings. The quantitative estimate of drug-likeness (QED) is 0.132. The van der Waals surface area contributed by atoms with Gasteiger partial charge in [-0.05, 0) is 41.7 Å². The van der Waals surface area contributed by atoms with Gasteiger partial charge in [-0.25, -0.2) is 0 Å². The van der Waals surface area contributed by atoms with E-state index in [0.717, 1.165) is 10.9 Å². The van der Waals surface area contributed by atoms with E-state index in [1.807, 2.05) is 36.4 Å². The Bertz CT molecular complexity index is 2000. The summed E-state index contributed by atoms with van der Waals surface area (Å²) in [4.78, 5) is 0. The van der Waals surface area contributed by atoms with Gasteiger partial charge in [0.15, 0.2) is 0 Å². The molecule has 0 aliphatic carbocycles. The second kappa shape index (κ2) is 17.9. The van der Waals surface area contributed by atoms with Gasteiger partial charge in [0.2, 0.25) is 0 Å². The summed E-state index contributed by atoms with van der Waals surface area (Å²) < 4.78 is 43.4. The minimum atomic E-state index is -2.95. The lowest BCUT2D eigenvalue weighted by molar-refractivity contribution is -0.164. The molecular formula is C50H56B2O6Si2. The number of hydrogen-bond acceptors (Lipinski definition) is 6. The fourth-order valence-electron chi connectivity index (χ4n) is 9.32. The summed E-state index contributed by atoms with van der Waals surface area (Å²) in [6, 6.07) is 63.3. The van der Waals surface area contributed by atoms with Crippen LogP contribution in [0.15, 0.2) is 182 Å². The lowest BCUT2D eigenvalue weighted by Gasteiger charge is -2.51. The van der Waals surface area contributed by atoms with Crippen LogP contribution in [-0.4, -0.2) is 68.5 Å². The SMILES string of the molecule is CC(C)(C)[Si](OCC1OB(c2ccccc2)OC2C(CO[Si](c3ccccc3)(c3ccccc3)C(C)(C)C)OB(c3ccccc3)OC12)(c1ccccc1)c1ccccc1. The number of fused-ring (bicyclic) bond motifs is 1. The van der Waals surface area contributed by atoms with Crippen molar-refractivity contribution in [3.05, 3.63) is 182 Å². The van der Waals surface area contributed by atoms with Gasteiger partial charge in [-0.15, -0.1) is 0 Å². The summed E-state index contributed by atoms with van der Waals surface area (Å²) in [5.41, 5.74) is 1.84. The second-order valence-electron chi connectivity index (χ2n) is 18.0. The van der Waals surface area contributed by atoms with Crippen molar-refractivity contribution in [2.75, 3.05) is 13.2 Å². The molecule has 6 aromatic carbocycles. The fourth-order valence-corrected chi connectivity index (χ4v) is 18.5. The molecule has 4 atom stereocenters. The van der Waals surface area contributed by atoms with Crippen LogP contribution in [0, 0.1) is 0 Å². The lowest BCUT2D eigenvalue weighted by Crippen LogP contribution is -2.72. The normalized spacial score (nSPS) is 20.1. The summed E-state index contributed by atoms with van der Waals surface area (Å²) in [7, 11) is -7.27. The molecule has 2 aliphatic heterocycles. The van der Waals surface area contributed by atoms with Crippen molar-refractivity contribution in [3.63, 3.8) is 0 Å². The number of benzene rings is 6. The Morgan fingerprint density at radius 1 is 0.383 bits per heavy atom. The zero-order valence-corrected chi connectivity index (χ0v) is 37.6. The molecule has 2 fully saturated rings. The minimum Gasteiger partial charge on any atom is -0.405 e. The van der Waals surface area contributed by atoms with E-state index in [9.17, 15) is 0 Å². The molecule has 8 rings (SSSR count). The van der Waals surface area contributed by atoms with Crippen molar-refractivity contribution < 1.29 is 27.5 Å². The highest BCUT2D eigenvalue weighted by molar-refractivity contribution is 7.00. The molecule has 4 unspecified atom stereocenters. The van der Waals surface area contributed by atoms with Crippen LogP contribution in [0.1, 0.15) is 41.5 Å². The molecule has 0 radical (unpaired) electrons. The highest BCUT2D eigenvalue weighted by Crippen LogP contribution is 2.40. The van der Waals surface area contributed by atoms with E-state index in [1.165, 1.54) is 20.7 Å². The molecule has 6 nitrogen and oxygen atoms in total. The van der Waals surface area contributed by atoms with Gasteiger partial charge in [0.05, 0.1) is 37.6 Å². The van der Waals surface area contributed by atoms with Crippen molar-refractivity contribution in [1.29, 1.82) is 0 Å². The third-order valence-electron chi connectivity index (χ3n) is 12.1. The average Bonchev–Trinajstić information content (AvgIpc) is 3.28. The maximum Gasteiger partial charge on any atom is 0.494 e. The van der Waals surface area contributed by atoms with Gasteiger partial charge in [-0.2, -0.15) is 0 Å². The van der Waals surface area contributed by atoms with Crippen LogP contribution in [0.4, 0.5) is 0 Å². The van der Waals surface area contributed by atoms with E-state index in [0.29, 0.717) is 0 Å². The van der Waals surface area contributed by atoms with Crippen molar-refractivity contribution in [3.8, 4) is 0 Å². The Hall–Kier alpha value is -4.36. The molecule has 0 amide bonds. The molecule has 0 spiro atoms. The molecular weight excluding hydrogens is 774 g/mol. The maximum atomic E-state index is 7.60. The van der Waals surface area contributed by atoms with Gasteiger partial charge in [0, 0.05) is 0 Å². The van der Waals surface area contributed by atoms with Gasteiger partial charge in [-0.3, -0.25) is 0 Å². The Labute approximate surface area is 359 Å². The van der Waals surface area contributed by atoms with Crippen LogP contribution in [-0.2, 0) is 27.5 Å². The maximum absolute atomic E-state index is 7.60. The van der Waals surface area contributed by atoms with E-state index in [1.54, 1.807) is 0 Å². The molecule has 2 aliphatic rings. The summed E-state index contributed by atoms with van der Waals surface area (Å²) in [6.45, 7) is 14.4. The smallest absolute Gasteiger partial charge is 0.405 e. The first-order chi connectivity index (χ1) is 29.0. The second-order valence-corrected chi connectivity index (χ2v) is 26.6. The summed E-state index contributed by atoms with van der Waals surface area (Å²) >= 11 is 0. The largest absolute Gasteiger partial charge is 0.494 e. The molecule has 0 N–H and O–H groups in total. The lowest BCUT2D eigenvalue weighted by atomic mass is 9.72. The zero-order valence-electron chi connectivity index (χ0n) is 35.6.